The number of rotatable bonds is 3. The Hall–Kier alpha value is -2.37. The van der Waals surface area contributed by atoms with E-state index in [-0.39, 0.29) is 17.6 Å². The van der Waals surface area contributed by atoms with Crippen LogP contribution < -0.4 is 0 Å². The molecule has 0 fully saturated rings. The molecule has 6 heteroatoms. The summed E-state index contributed by atoms with van der Waals surface area (Å²) in [7, 11) is 0. The molecule has 0 aliphatic carbocycles. The number of halogens is 3. The van der Waals surface area contributed by atoms with Crippen LogP contribution in [0.5, 0.6) is 0 Å². The van der Waals surface area contributed by atoms with E-state index in [4.69, 9.17) is 4.74 Å². The van der Waals surface area contributed by atoms with Crippen LogP contribution in [0.3, 0.4) is 0 Å². The Labute approximate surface area is 125 Å². The third-order valence-electron chi connectivity index (χ3n) is 3.33. The van der Waals surface area contributed by atoms with Crippen LogP contribution in [0.25, 0.3) is 0 Å². The number of aliphatic imine (C=N–C) groups is 1. The van der Waals surface area contributed by atoms with Crippen molar-refractivity contribution in [2.75, 3.05) is 6.61 Å². The summed E-state index contributed by atoms with van der Waals surface area (Å²) < 4.78 is 43.5. The smallest absolute Gasteiger partial charge is 0.416 e. The quantitative estimate of drug-likeness (QED) is 0.870. The van der Waals surface area contributed by atoms with Crippen molar-refractivity contribution in [3.8, 4) is 0 Å². The summed E-state index contributed by atoms with van der Waals surface area (Å²) in [5, 5.41) is 0. The van der Waals surface area contributed by atoms with Gasteiger partial charge in [0.1, 0.15) is 12.3 Å². The molecule has 1 aromatic heterocycles. The van der Waals surface area contributed by atoms with Crippen LogP contribution in [0.2, 0.25) is 0 Å². The summed E-state index contributed by atoms with van der Waals surface area (Å²) in [5.74, 6) is 0.173. The molecule has 1 aliphatic rings. The first-order chi connectivity index (χ1) is 10.5. The average molecular weight is 306 g/mol. The van der Waals surface area contributed by atoms with Crippen LogP contribution >= 0.6 is 0 Å². The van der Waals surface area contributed by atoms with Crippen LogP contribution in [0.4, 0.5) is 13.2 Å². The second-order valence-corrected chi connectivity index (χ2v) is 5.02. The van der Waals surface area contributed by atoms with Gasteiger partial charge in [-0.2, -0.15) is 13.2 Å². The summed E-state index contributed by atoms with van der Waals surface area (Å²) in [6.07, 6.45) is -2.60. The topological polar surface area (TPSA) is 34.5 Å². The summed E-state index contributed by atoms with van der Waals surface area (Å²) >= 11 is 0. The van der Waals surface area contributed by atoms with E-state index in [0.717, 1.165) is 23.9 Å². The maximum Gasteiger partial charge on any atom is 0.416 e. The molecule has 0 bridgehead atoms. The van der Waals surface area contributed by atoms with E-state index in [1.54, 1.807) is 0 Å². The normalized spacial score (nSPS) is 18.0. The van der Waals surface area contributed by atoms with E-state index in [0.29, 0.717) is 13.0 Å². The monoisotopic (exact) mass is 306 g/mol. The van der Waals surface area contributed by atoms with Crippen LogP contribution in [0, 0.1) is 0 Å². The fraction of sp³-hybridized carbons (Fsp3) is 0.250. The van der Waals surface area contributed by atoms with E-state index in [1.807, 2.05) is 30.3 Å². The van der Waals surface area contributed by atoms with Gasteiger partial charge in [-0.25, -0.2) is 4.99 Å². The van der Waals surface area contributed by atoms with Gasteiger partial charge in [-0.3, -0.25) is 4.98 Å². The van der Waals surface area contributed by atoms with Gasteiger partial charge in [-0.15, -0.1) is 0 Å². The molecule has 0 N–H and O–H groups in total. The van der Waals surface area contributed by atoms with Crippen molar-refractivity contribution in [3.63, 3.8) is 0 Å². The zero-order chi connectivity index (χ0) is 15.6. The Morgan fingerprint density at radius 1 is 1.14 bits per heavy atom. The summed E-state index contributed by atoms with van der Waals surface area (Å²) in [4.78, 5) is 8.26. The standard InChI is InChI=1S/C16H13F3N2O/c17-16(18,19)12-6-7-20-14(9-12)15-21-13(10-22-15)8-11-4-2-1-3-5-11/h1-7,9,13H,8,10H2/t13-/m1/s1. The molecule has 2 aromatic rings. The maximum absolute atomic E-state index is 12.7. The van der Waals surface area contributed by atoms with Crippen molar-refractivity contribution in [2.24, 2.45) is 4.99 Å². The van der Waals surface area contributed by atoms with Gasteiger partial charge in [0.05, 0.1) is 11.6 Å². The molecule has 0 amide bonds. The van der Waals surface area contributed by atoms with E-state index in [9.17, 15) is 13.2 Å². The first-order valence-electron chi connectivity index (χ1n) is 6.80. The van der Waals surface area contributed by atoms with Crippen molar-refractivity contribution in [1.82, 2.24) is 4.98 Å². The van der Waals surface area contributed by atoms with E-state index in [2.05, 4.69) is 9.98 Å². The number of benzene rings is 1. The number of hydrogen-bond donors (Lipinski definition) is 0. The molecule has 3 nitrogen and oxygen atoms in total. The summed E-state index contributed by atoms with van der Waals surface area (Å²) in [6.45, 7) is 0.349. The second-order valence-electron chi connectivity index (χ2n) is 5.02. The zero-order valence-electron chi connectivity index (χ0n) is 11.5. The predicted molar refractivity (Wildman–Crippen MR) is 75.7 cm³/mol. The number of nitrogens with zero attached hydrogens (tertiary/aromatic N) is 2. The van der Waals surface area contributed by atoms with Gasteiger partial charge < -0.3 is 4.74 Å². The van der Waals surface area contributed by atoms with Gasteiger partial charge in [0, 0.05) is 6.20 Å². The van der Waals surface area contributed by atoms with Gasteiger partial charge in [-0.05, 0) is 24.1 Å². The van der Waals surface area contributed by atoms with E-state index < -0.39 is 11.7 Å². The molecule has 0 spiro atoms. The van der Waals surface area contributed by atoms with Gasteiger partial charge in [0.2, 0.25) is 5.90 Å². The highest BCUT2D eigenvalue weighted by atomic mass is 19.4. The number of aromatic nitrogens is 1. The second kappa shape index (κ2) is 5.79. The molecule has 114 valence electrons. The molecule has 22 heavy (non-hydrogen) atoms. The summed E-state index contributed by atoms with van der Waals surface area (Å²) in [5.41, 5.74) is 0.471. The summed E-state index contributed by atoms with van der Waals surface area (Å²) in [6, 6.07) is 11.6. The van der Waals surface area contributed by atoms with Crippen LogP contribution in [-0.2, 0) is 17.3 Å². The SMILES string of the molecule is FC(F)(F)c1ccnc(C2=N[C@H](Cc3ccccc3)CO2)c1. The number of ether oxygens (including phenoxy) is 1. The highest BCUT2D eigenvalue weighted by Gasteiger charge is 2.32. The van der Waals surface area contributed by atoms with Crippen molar-refractivity contribution in [1.29, 1.82) is 0 Å². The van der Waals surface area contributed by atoms with Crippen LogP contribution in [0.15, 0.2) is 53.7 Å². The lowest BCUT2D eigenvalue weighted by Crippen LogP contribution is -2.10. The largest absolute Gasteiger partial charge is 0.474 e. The number of hydrogen-bond acceptors (Lipinski definition) is 3. The minimum atomic E-state index is -4.40. The Balaban J connectivity index is 1.77. The molecule has 3 rings (SSSR count). The lowest BCUT2D eigenvalue weighted by atomic mass is 10.1. The molecule has 1 atom stereocenters. The third-order valence-corrected chi connectivity index (χ3v) is 3.33. The van der Waals surface area contributed by atoms with Crippen molar-refractivity contribution >= 4 is 5.90 Å². The fourth-order valence-corrected chi connectivity index (χ4v) is 2.27. The van der Waals surface area contributed by atoms with Crippen LogP contribution in [0.1, 0.15) is 16.8 Å². The first-order valence-corrected chi connectivity index (χ1v) is 6.80. The highest BCUT2D eigenvalue weighted by Crippen LogP contribution is 2.29. The Morgan fingerprint density at radius 2 is 1.91 bits per heavy atom. The molecular weight excluding hydrogens is 293 g/mol. The van der Waals surface area contributed by atoms with Crippen molar-refractivity contribution in [3.05, 3.63) is 65.5 Å². The zero-order valence-corrected chi connectivity index (χ0v) is 11.5. The van der Waals surface area contributed by atoms with Crippen molar-refractivity contribution in [2.45, 2.75) is 18.6 Å². The van der Waals surface area contributed by atoms with Gasteiger partial charge in [-0.1, -0.05) is 30.3 Å². The van der Waals surface area contributed by atoms with Gasteiger partial charge >= 0.3 is 6.18 Å². The minimum Gasteiger partial charge on any atom is -0.474 e. The lowest BCUT2D eigenvalue weighted by Gasteiger charge is -2.07. The maximum atomic E-state index is 12.7. The molecule has 0 saturated heterocycles. The van der Waals surface area contributed by atoms with Gasteiger partial charge in [0.15, 0.2) is 0 Å². The molecule has 0 unspecified atom stereocenters. The Morgan fingerprint density at radius 3 is 2.64 bits per heavy atom. The number of pyridine rings is 1. The fourth-order valence-electron chi connectivity index (χ4n) is 2.27. The lowest BCUT2D eigenvalue weighted by molar-refractivity contribution is -0.137. The average Bonchev–Trinajstić information content (AvgIpc) is 2.96. The molecule has 1 aromatic carbocycles. The number of alkyl halides is 3. The third kappa shape index (κ3) is 3.27. The predicted octanol–water partition coefficient (Wildman–Crippen LogP) is 3.49. The van der Waals surface area contributed by atoms with E-state index in [1.165, 1.54) is 0 Å². The molecular formula is C16H13F3N2O. The molecule has 0 radical (unpaired) electrons. The first kappa shape index (κ1) is 14.6. The Bertz CT molecular complexity index is 683. The van der Waals surface area contributed by atoms with E-state index >= 15 is 0 Å². The van der Waals surface area contributed by atoms with Crippen LogP contribution in [-0.4, -0.2) is 23.5 Å². The van der Waals surface area contributed by atoms with Gasteiger partial charge in [0.25, 0.3) is 0 Å². The minimum absolute atomic E-state index is 0.103. The molecule has 0 saturated carbocycles. The molecule has 1 aliphatic heterocycles. The molecule has 2 heterocycles. The van der Waals surface area contributed by atoms with Crippen molar-refractivity contribution < 1.29 is 17.9 Å². The highest BCUT2D eigenvalue weighted by molar-refractivity contribution is 5.93. The Kier molecular flexibility index (Phi) is 3.83.